The standard InChI is InChI=1S/C4H8N2.C3H9NO.C3H8.CH4/c1-4-5-2-3-6-4;1-3(5)2-4;1-3-2;/h2-3H2,1H3,(H,5,6);3,5H,2,4H2,1H3;3H2,1-2H3;1H4. The Morgan fingerprint density at radius 3 is 2.00 bits per heavy atom. The minimum atomic E-state index is -0.338. The lowest BCUT2D eigenvalue weighted by Gasteiger charge is -1.91. The summed E-state index contributed by atoms with van der Waals surface area (Å²) in [6.45, 7) is 10.2. The second-order valence-electron chi connectivity index (χ2n) is 3.19. The van der Waals surface area contributed by atoms with Crippen LogP contribution in [0.1, 0.15) is 41.5 Å². The van der Waals surface area contributed by atoms with Crippen LogP contribution in [0.15, 0.2) is 4.99 Å². The van der Waals surface area contributed by atoms with Gasteiger partial charge in [-0.25, -0.2) is 0 Å². The van der Waals surface area contributed by atoms with Gasteiger partial charge < -0.3 is 16.2 Å². The molecule has 0 spiro atoms. The lowest BCUT2D eigenvalue weighted by Crippen LogP contribution is -2.14. The number of aliphatic hydroxyl groups is 1. The van der Waals surface area contributed by atoms with E-state index in [2.05, 4.69) is 24.2 Å². The molecule has 0 saturated carbocycles. The largest absolute Gasteiger partial charge is 0.392 e. The van der Waals surface area contributed by atoms with Crippen molar-refractivity contribution in [2.45, 2.75) is 47.6 Å². The molecule has 1 aliphatic heterocycles. The number of hydrogen-bond acceptors (Lipinski definition) is 4. The average molecular weight is 219 g/mol. The molecule has 1 aliphatic rings. The summed E-state index contributed by atoms with van der Waals surface area (Å²) in [5, 5.41) is 11.3. The summed E-state index contributed by atoms with van der Waals surface area (Å²) in [6.07, 6.45) is 0.912. The van der Waals surface area contributed by atoms with Gasteiger partial charge in [0.1, 0.15) is 0 Å². The van der Waals surface area contributed by atoms with E-state index in [0.717, 1.165) is 18.9 Å². The Kier molecular flexibility index (Phi) is 21.0. The summed E-state index contributed by atoms with van der Waals surface area (Å²) in [5.74, 6) is 1.08. The smallest absolute Gasteiger partial charge is 0.0933 e. The Morgan fingerprint density at radius 2 is 1.93 bits per heavy atom. The number of hydrogen-bond donors (Lipinski definition) is 3. The third kappa shape index (κ3) is 24.7. The predicted molar refractivity (Wildman–Crippen MR) is 69.4 cm³/mol. The molecule has 94 valence electrons. The zero-order chi connectivity index (χ0) is 11.4. The van der Waals surface area contributed by atoms with E-state index < -0.39 is 0 Å². The number of nitrogens with zero attached hydrogens (tertiary/aromatic N) is 1. The van der Waals surface area contributed by atoms with Crippen molar-refractivity contribution >= 4 is 5.84 Å². The second kappa shape index (κ2) is 15.8. The molecule has 1 atom stereocenters. The molecule has 0 amide bonds. The van der Waals surface area contributed by atoms with E-state index in [-0.39, 0.29) is 13.5 Å². The van der Waals surface area contributed by atoms with Gasteiger partial charge in [-0.15, -0.1) is 0 Å². The van der Waals surface area contributed by atoms with Gasteiger partial charge in [0.25, 0.3) is 0 Å². The minimum Gasteiger partial charge on any atom is -0.392 e. The maximum Gasteiger partial charge on any atom is 0.0933 e. The number of nitrogens with one attached hydrogen (secondary N) is 1. The molecule has 1 rings (SSSR count). The molecule has 15 heavy (non-hydrogen) atoms. The molecule has 0 radical (unpaired) electrons. The number of nitrogens with two attached hydrogens (primary N) is 1. The van der Waals surface area contributed by atoms with Gasteiger partial charge in [0.2, 0.25) is 0 Å². The zero-order valence-electron chi connectivity index (χ0n) is 9.88. The van der Waals surface area contributed by atoms with Gasteiger partial charge in [0.05, 0.1) is 18.5 Å². The van der Waals surface area contributed by atoms with Gasteiger partial charge in [-0.3, -0.25) is 4.99 Å². The summed E-state index contributed by atoms with van der Waals surface area (Å²) in [6, 6.07) is 0. The fraction of sp³-hybridized carbons (Fsp3) is 0.909. The van der Waals surface area contributed by atoms with Crippen LogP contribution in [0.5, 0.6) is 0 Å². The molecule has 1 unspecified atom stereocenters. The first kappa shape index (κ1) is 19.9. The maximum atomic E-state index is 8.24. The van der Waals surface area contributed by atoms with Crippen LogP contribution >= 0.6 is 0 Å². The van der Waals surface area contributed by atoms with Crippen LogP contribution in [0.4, 0.5) is 0 Å². The first-order valence-electron chi connectivity index (χ1n) is 5.21. The summed E-state index contributed by atoms with van der Waals surface area (Å²) in [7, 11) is 0. The number of rotatable bonds is 1. The first-order valence-corrected chi connectivity index (χ1v) is 5.21. The van der Waals surface area contributed by atoms with E-state index in [1.54, 1.807) is 6.92 Å². The third-order valence-corrected chi connectivity index (χ3v) is 1.18. The molecule has 0 aromatic rings. The van der Waals surface area contributed by atoms with Crippen molar-refractivity contribution in [1.82, 2.24) is 5.32 Å². The van der Waals surface area contributed by atoms with Gasteiger partial charge in [0.15, 0.2) is 0 Å². The fourth-order valence-corrected chi connectivity index (χ4v) is 0.516. The van der Waals surface area contributed by atoms with E-state index in [1.165, 1.54) is 6.42 Å². The molecule has 4 N–H and O–H groups in total. The van der Waals surface area contributed by atoms with Crippen LogP contribution in [-0.2, 0) is 0 Å². The Morgan fingerprint density at radius 1 is 1.53 bits per heavy atom. The highest BCUT2D eigenvalue weighted by atomic mass is 16.3. The lowest BCUT2D eigenvalue weighted by molar-refractivity contribution is 0.203. The van der Waals surface area contributed by atoms with Crippen LogP contribution in [0.3, 0.4) is 0 Å². The van der Waals surface area contributed by atoms with Gasteiger partial charge in [-0.1, -0.05) is 27.7 Å². The van der Waals surface area contributed by atoms with Gasteiger partial charge in [0, 0.05) is 13.1 Å². The lowest BCUT2D eigenvalue weighted by atomic mass is 10.4. The average Bonchev–Trinajstić information content (AvgIpc) is 2.58. The highest BCUT2D eigenvalue weighted by Gasteiger charge is 1.93. The van der Waals surface area contributed by atoms with Crippen molar-refractivity contribution in [2.75, 3.05) is 19.6 Å². The van der Waals surface area contributed by atoms with Crippen molar-refractivity contribution in [1.29, 1.82) is 0 Å². The normalized spacial score (nSPS) is 14.1. The fourth-order valence-electron chi connectivity index (χ4n) is 0.516. The molecule has 4 heteroatoms. The minimum absolute atomic E-state index is 0. The van der Waals surface area contributed by atoms with Crippen LogP contribution in [0.2, 0.25) is 0 Å². The molecule has 1 heterocycles. The molecule has 0 aliphatic carbocycles. The number of amidine groups is 1. The van der Waals surface area contributed by atoms with Crippen molar-refractivity contribution in [3.8, 4) is 0 Å². The summed E-state index contributed by atoms with van der Waals surface area (Å²) < 4.78 is 0. The van der Waals surface area contributed by atoms with E-state index in [0.29, 0.717) is 6.54 Å². The molecule has 0 aromatic heterocycles. The number of aliphatic hydroxyl groups excluding tert-OH is 1. The molecule has 0 fully saturated rings. The molecule has 4 nitrogen and oxygen atoms in total. The Bertz CT molecular complexity index is 136. The maximum absolute atomic E-state index is 8.24. The summed E-state index contributed by atoms with van der Waals surface area (Å²) >= 11 is 0. The number of aliphatic imine (C=N–C) groups is 1. The zero-order valence-corrected chi connectivity index (χ0v) is 9.88. The van der Waals surface area contributed by atoms with Crippen molar-refractivity contribution in [2.24, 2.45) is 10.7 Å². The Labute approximate surface area is 95.0 Å². The molecular weight excluding hydrogens is 190 g/mol. The van der Waals surface area contributed by atoms with Crippen LogP contribution in [0, 0.1) is 0 Å². The van der Waals surface area contributed by atoms with E-state index in [9.17, 15) is 0 Å². The highest BCUT2D eigenvalue weighted by molar-refractivity contribution is 5.80. The van der Waals surface area contributed by atoms with Crippen molar-refractivity contribution < 1.29 is 5.11 Å². The quantitative estimate of drug-likeness (QED) is 0.624. The van der Waals surface area contributed by atoms with Crippen molar-refractivity contribution in [3.63, 3.8) is 0 Å². The molecule has 0 bridgehead atoms. The third-order valence-electron chi connectivity index (χ3n) is 1.18. The SMILES string of the molecule is C.CC(O)CN.CC1=NCCN1.CCC. The van der Waals surface area contributed by atoms with Gasteiger partial charge in [-0.05, 0) is 13.8 Å². The van der Waals surface area contributed by atoms with Crippen molar-refractivity contribution in [3.05, 3.63) is 0 Å². The Hall–Kier alpha value is -0.610. The van der Waals surface area contributed by atoms with E-state index >= 15 is 0 Å². The second-order valence-corrected chi connectivity index (χ2v) is 3.19. The highest BCUT2D eigenvalue weighted by Crippen LogP contribution is 1.79. The van der Waals surface area contributed by atoms with Crippen LogP contribution in [-0.4, -0.2) is 36.7 Å². The Balaban J connectivity index is -0.000000148. The first-order chi connectivity index (χ1) is 6.58. The van der Waals surface area contributed by atoms with Gasteiger partial charge >= 0.3 is 0 Å². The molecule has 0 saturated heterocycles. The predicted octanol–water partition coefficient (Wildman–Crippen LogP) is 1.39. The molecular formula is C11H29N3O. The topological polar surface area (TPSA) is 70.6 Å². The summed E-state index contributed by atoms with van der Waals surface area (Å²) in [4.78, 5) is 4.04. The van der Waals surface area contributed by atoms with Crippen LogP contribution in [0.25, 0.3) is 0 Å². The summed E-state index contributed by atoms with van der Waals surface area (Å²) in [5.41, 5.74) is 4.92. The molecule has 0 aromatic carbocycles. The monoisotopic (exact) mass is 219 g/mol. The van der Waals surface area contributed by atoms with Gasteiger partial charge in [-0.2, -0.15) is 0 Å². The van der Waals surface area contributed by atoms with Crippen LogP contribution < -0.4 is 11.1 Å². The van der Waals surface area contributed by atoms with E-state index in [4.69, 9.17) is 10.8 Å². The van der Waals surface area contributed by atoms with E-state index in [1.807, 2.05) is 6.92 Å².